The average Bonchev–Trinajstić information content (AvgIpc) is 2.68. The molecule has 2 atom stereocenters. The van der Waals surface area contributed by atoms with Crippen LogP contribution in [0.4, 0.5) is 4.39 Å². The summed E-state index contributed by atoms with van der Waals surface area (Å²) < 4.78 is 12.8. The zero-order chi connectivity index (χ0) is 12.3. The maximum absolute atomic E-state index is 12.8. The molecule has 0 saturated carbocycles. The van der Waals surface area contributed by atoms with Gasteiger partial charge in [-0.15, -0.1) is 0 Å². The van der Waals surface area contributed by atoms with Crippen LogP contribution in [0.25, 0.3) is 0 Å². The average molecular weight is 237 g/mol. The number of halogens is 1. The number of hydrogen-bond acceptors (Lipinski definition) is 2. The molecule has 1 aliphatic heterocycles. The summed E-state index contributed by atoms with van der Waals surface area (Å²) in [6, 6.07) is 7.17. The minimum absolute atomic E-state index is 0.185. The molecule has 1 N–H and O–H groups in total. The van der Waals surface area contributed by atoms with Gasteiger partial charge in [-0.25, -0.2) is 4.39 Å². The quantitative estimate of drug-likeness (QED) is 0.870. The lowest BCUT2D eigenvalue weighted by atomic mass is 10.1. The van der Waals surface area contributed by atoms with Crippen molar-refractivity contribution in [1.82, 2.24) is 4.90 Å². The van der Waals surface area contributed by atoms with Crippen LogP contribution in [0.5, 0.6) is 0 Å². The van der Waals surface area contributed by atoms with E-state index in [-0.39, 0.29) is 11.9 Å². The van der Waals surface area contributed by atoms with Gasteiger partial charge in [-0.05, 0) is 50.4 Å². The van der Waals surface area contributed by atoms with Gasteiger partial charge in [-0.3, -0.25) is 4.90 Å². The van der Waals surface area contributed by atoms with Crippen molar-refractivity contribution in [3.63, 3.8) is 0 Å². The fourth-order valence-corrected chi connectivity index (χ4v) is 2.59. The van der Waals surface area contributed by atoms with Gasteiger partial charge in [0.15, 0.2) is 0 Å². The highest BCUT2D eigenvalue weighted by Gasteiger charge is 2.25. The second kappa shape index (κ2) is 5.61. The molecule has 1 aliphatic rings. The monoisotopic (exact) mass is 237 g/mol. The Morgan fingerprint density at radius 1 is 1.41 bits per heavy atom. The fourth-order valence-electron chi connectivity index (χ4n) is 2.59. The normalized spacial score (nSPS) is 22.9. The summed E-state index contributed by atoms with van der Waals surface area (Å²) in [6.07, 6.45) is 2.94. The summed E-state index contributed by atoms with van der Waals surface area (Å²) in [5.41, 5.74) is 1.14. The Morgan fingerprint density at radius 3 is 2.76 bits per heavy atom. The molecule has 0 amide bonds. The molecular weight excluding hydrogens is 217 g/mol. The summed E-state index contributed by atoms with van der Waals surface area (Å²) in [7, 11) is 0. The molecule has 94 valence electrons. The van der Waals surface area contributed by atoms with Crippen molar-refractivity contribution in [3.05, 3.63) is 35.6 Å². The Bertz CT molecular complexity index is 350. The topological polar surface area (TPSA) is 23.5 Å². The first-order valence-electron chi connectivity index (χ1n) is 6.31. The van der Waals surface area contributed by atoms with Crippen LogP contribution in [-0.4, -0.2) is 28.7 Å². The first-order valence-corrected chi connectivity index (χ1v) is 6.31. The van der Waals surface area contributed by atoms with Crippen molar-refractivity contribution in [2.24, 2.45) is 0 Å². The summed E-state index contributed by atoms with van der Waals surface area (Å²) in [6.45, 7) is 3.78. The standard InChI is InChI=1S/C14H20FNO/c1-11(17)9-14-3-2-8-16(14)10-12-4-6-13(15)7-5-12/h4-7,11,14,17H,2-3,8-10H2,1H3. The van der Waals surface area contributed by atoms with Crippen molar-refractivity contribution in [2.75, 3.05) is 6.54 Å². The molecule has 0 spiro atoms. The molecule has 3 heteroatoms. The van der Waals surface area contributed by atoms with Crippen molar-refractivity contribution in [1.29, 1.82) is 0 Å². The van der Waals surface area contributed by atoms with Gasteiger partial charge in [0.1, 0.15) is 5.82 Å². The molecule has 0 aliphatic carbocycles. The molecule has 0 bridgehead atoms. The molecule has 1 aromatic rings. The van der Waals surface area contributed by atoms with Crippen molar-refractivity contribution in [2.45, 2.75) is 44.9 Å². The van der Waals surface area contributed by atoms with Gasteiger partial charge >= 0.3 is 0 Å². The van der Waals surface area contributed by atoms with Crippen LogP contribution in [0.15, 0.2) is 24.3 Å². The van der Waals surface area contributed by atoms with Gasteiger partial charge in [0, 0.05) is 12.6 Å². The smallest absolute Gasteiger partial charge is 0.123 e. The van der Waals surface area contributed by atoms with E-state index < -0.39 is 0 Å². The van der Waals surface area contributed by atoms with Crippen LogP contribution in [0.3, 0.4) is 0 Å². The lowest BCUT2D eigenvalue weighted by Gasteiger charge is -2.25. The van der Waals surface area contributed by atoms with Crippen LogP contribution in [-0.2, 0) is 6.54 Å². The fraction of sp³-hybridized carbons (Fsp3) is 0.571. The maximum Gasteiger partial charge on any atom is 0.123 e. The van der Waals surface area contributed by atoms with E-state index in [1.54, 1.807) is 0 Å². The number of aliphatic hydroxyl groups is 1. The van der Waals surface area contributed by atoms with E-state index in [2.05, 4.69) is 4.90 Å². The van der Waals surface area contributed by atoms with Gasteiger partial charge in [0.05, 0.1) is 6.10 Å². The van der Waals surface area contributed by atoms with Gasteiger partial charge in [-0.1, -0.05) is 12.1 Å². The van der Waals surface area contributed by atoms with Crippen molar-refractivity contribution in [3.8, 4) is 0 Å². The largest absolute Gasteiger partial charge is 0.393 e. The molecule has 0 radical (unpaired) electrons. The maximum atomic E-state index is 12.8. The highest BCUT2D eigenvalue weighted by Crippen LogP contribution is 2.23. The predicted octanol–water partition coefficient (Wildman–Crippen LogP) is 2.56. The minimum atomic E-state index is -0.242. The first-order chi connectivity index (χ1) is 8.15. The zero-order valence-electron chi connectivity index (χ0n) is 10.3. The lowest BCUT2D eigenvalue weighted by Crippen LogP contribution is -2.31. The van der Waals surface area contributed by atoms with Gasteiger partial charge < -0.3 is 5.11 Å². The van der Waals surface area contributed by atoms with E-state index in [0.717, 1.165) is 31.5 Å². The highest BCUT2D eigenvalue weighted by molar-refractivity contribution is 5.16. The van der Waals surface area contributed by atoms with Crippen LogP contribution in [0.1, 0.15) is 31.7 Å². The van der Waals surface area contributed by atoms with Crippen LogP contribution in [0, 0.1) is 5.82 Å². The minimum Gasteiger partial charge on any atom is -0.393 e. The summed E-state index contributed by atoms with van der Waals surface area (Å²) in [5.74, 6) is -0.185. The second-order valence-electron chi connectivity index (χ2n) is 4.98. The van der Waals surface area contributed by atoms with E-state index in [1.807, 2.05) is 19.1 Å². The third kappa shape index (κ3) is 3.51. The van der Waals surface area contributed by atoms with Crippen LogP contribution < -0.4 is 0 Å². The molecule has 17 heavy (non-hydrogen) atoms. The third-order valence-corrected chi connectivity index (χ3v) is 3.41. The van der Waals surface area contributed by atoms with E-state index in [4.69, 9.17) is 0 Å². The van der Waals surface area contributed by atoms with E-state index in [9.17, 15) is 9.50 Å². The molecule has 1 heterocycles. The van der Waals surface area contributed by atoms with Gasteiger partial charge in [0.2, 0.25) is 0 Å². The number of rotatable bonds is 4. The van der Waals surface area contributed by atoms with Gasteiger partial charge in [-0.2, -0.15) is 0 Å². The number of benzene rings is 1. The molecule has 1 fully saturated rings. The Kier molecular flexibility index (Phi) is 4.13. The summed E-state index contributed by atoms with van der Waals surface area (Å²) in [5, 5.41) is 9.46. The van der Waals surface area contributed by atoms with Crippen molar-refractivity contribution < 1.29 is 9.50 Å². The van der Waals surface area contributed by atoms with Gasteiger partial charge in [0.25, 0.3) is 0 Å². The molecule has 2 unspecified atom stereocenters. The molecular formula is C14H20FNO. The lowest BCUT2D eigenvalue weighted by molar-refractivity contribution is 0.131. The van der Waals surface area contributed by atoms with Crippen molar-refractivity contribution >= 4 is 0 Å². The first kappa shape index (κ1) is 12.5. The van der Waals surface area contributed by atoms with Crippen LogP contribution >= 0.6 is 0 Å². The number of nitrogens with zero attached hydrogens (tertiary/aromatic N) is 1. The highest BCUT2D eigenvalue weighted by atomic mass is 19.1. The predicted molar refractivity (Wildman–Crippen MR) is 66.1 cm³/mol. The molecule has 1 aromatic carbocycles. The Hall–Kier alpha value is -0.930. The Balaban J connectivity index is 1.95. The van der Waals surface area contributed by atoms with E-state index in [1.165, 1.54) is 18.6 Å². The molecule has 1 saturated heterocycles. The Morgan fingerprint density at radius 2 is 2.12 bits per heavy atom. The Labute approximate surface area is 102 Å². The second-order valence-corrected chi connectivity index (χ2v) is 4.98. The SMILES string of the molecule is CC(O)CC1CCCN1Cc1ccc(F)cc1. The van der Waals surface area contributed by atoms with E-state index in [0.29, 0.717) is 6.04 Å². The zero-order valence-corrected chi connectivity index (χ0v) is 10.3. The van der Waals surface area contributed by atoms with E-state index >= 15 is 0 Å². The van der Waals surface area contributed by atoms with Crippen LogP contribution in [0.2, 0.25) is 0 Å². The molecule has 0 aromatic heterocycles. The number of hydrogen-bond donors (Lipinski definition) is 1. The summed E-state index contributed by atoms with van der Waals surface area (Å²) >= 11 is 0. The number of likely N-dealkylation sites (tertiary alicyclic amines) is 1. The number of aliphatic hydroxyl groups excluding tert-OH is 1. The summed E-state index contributed by atoms with van der Waals surface area (Å²) in [4.78, 5) is 2.39. The molecule has 2 nitrogen and oxygen atoms in total. The third-order valence-electron chi connectivity index (χ3n) is 3.41. The molecule has 2 rings (SSSR count).